The highest BCUT2D eigenvalue weighted by molar-refractivity contribution is 5.80. The van der Waals surface area contributed by atoms with Crippen LogP contribution in [0, 0.1) is 5.92 Å². The third kappa shape index (κ3) is 6.31. The molecule has 0 spiro atoms. The molecule has 1 amide bonds. The summed E-state index contributed by atoms with van der Waals surface area (Å²) in [6.07, 6.45) is 7.33. The van der Waals surface area contributed by atoms with E-state index in [2.05, 4.69) is 58.0 Å². The van der Waals surface area contributed by atoms with Crippen molar-refractivity contribution in [3.8, 4) is 5.75 Å². The van der Waals surface area contributed by atoms with E-state index in [0.29, 0.717) is 31.5 Å². The largest absolute Gasteiger partial charge is 0.489 e. The lowest BCUT2D eigenvalue weighted by Crippen LogP contribution is -2.42. The molecule has 0 bridgehead atoms. The molecule has 2 aromatic rings. The molecule has 1 aliphatic carbocycles. The van der Waals surface area contributed by atoms with Gasteiger partial charge in [0.05, 0.1) is 5.69 Å². The summed E-state index contributed by atoms with van der Waals surface area (Å²) < 4.78 is 6.49. The number of amides is 1. The average Bonchev–Trinajstić information content (AvgIpc) is 2.95. The first-order valence-corrected chi connectivity index (χ1v) is 14.8. The molecule has 2 atom stereocenters. The molecular formula is C33H46N2O3. The van der Waals surface area contributed by atoms with Crippen molar-refractivity contribution in [3.05, 3.63) is 64.0 Å². The predicted octanol–water partition coefficient (Wildman–Crippen LogP) is 6.51. The SMILES string of the molecule is CCc1ccc(CC)c(C2=C(COc3ccc(C4CCN(C(=O)[C@H](C)O)CC4)c(CC)c3)C(C)CCC2)n1. The van der Waals surface area contributed by atoms with Crippen molar-refractivity contribution in [3.63, 3.8) is 0 Å². The highest BCUT2D eigenvalue weighted by Gasteiger charge is 2.27. The summed E-state index contributed by atoms with van der Waals surface area (Å²) in [6, 6.07) is 11.0. The van der Waals surface area contributed by atoms with E-state index in [-0.39, 0.29) is 5.91 Å². The van der Waals surface area contributed by atoms with Crippen molar-refractivity contribution >= 4 is 11.5 Å². The Kier molecular flexibility index (Phi) is 9.64. The number of rotatable bonds is 9. The van der Waals surface area contributed by atoms with Crippen LogP contribution in [-0.2, 0) is 24.1 Å². The highest BCUT2D eigenvalue weighted by Crippen LogP contribution is 2.38. The van der Waals surface area contributed by atoms with Crippen LogP contribution in [-0.4, -0.2) is 46.7 Å². The maximum Gasteiger partial charge on any atom is 0.251 e. The van der Waals surface area contributed by atoms with Crippen LogP contribution in [0.15, 0.2) is 35.9 Å². The number of aliphatic hydroxyl groups excluding tert-OH is 1. The van der Waals surface area contributed by atoms with Gasteiger partial charge in [0.1, 0.15) is 18.5 Å². The number of ether oxygens (including phenoxy) is 1. The van der Waals surface area contributed by atoms with Gasteiger partial charge in [-0.15, -0.1) is 0 Å². The second-order valence-electron chi connectivity index (χ2n) is 11.1. The number of hydrogen-bond donors (Lipinski definition) is 1. The lowest BCUT2D eigenvalue weighted by molar-refractivity contribution is -0.140. The minimum atomic E-state index is -0.920. The molecule has 1 unspecified atom stereocenters. The third-order valence-electron chi connectivity index (χ3n) is 8.61. The normalized spacial score (nSPS) is 19.5. The van der Waals surface area contributed by atoms with E-state index < -0.39 is 6.10 Å². The molecule has 1 aromatic heterocycles. The molecule has 5 heteroatoms. The summed E-state index contributed by atoms with van der Waals surface area (Å²) >= 11 is 0. The molecule has 4 rings (SSSR count). The molecule has 1 fully saturated rings. The molecule has 5 nitrogen and oxygen atoms in total. The quantitative estimate of drug-likeness (QED) is 0.411. The zero-order chi connectivity index (χ0) is 27.2. The molecule has 38 heavy (non-hydrogen) atoms. The highest BCUT2D eigenvalue weighted by atomic mass is 16.5. The van der Waals surface area contributed by atoms with Gasteiger partial charge in [0, 0.05) is 18.8 Å². The molecule has 1 N–H and O–H groups in total. The van der Waals surface area contributed by atoms with Crippen LogP contribution < -0.4 is 4.74 Å². The number of nitrogens with zero attached hydrogens (tertiary/aromatic N) is 2. The molecule has 206 valence electrons. The minimum Gasteiger partial charge on any atom is -0.489 e. The number of hydrogen-bond acceptors (Lipinski definition) is 4. The second-order valence-corrected chi connectivity index (χ2v) is 11.1. The van der Waals surface area contributed by atoms with Crippen LogP contribution in [0.3, 0.4) is 0 Å². The monoisotopic (exact) mass is 518 g/mol. The number of benzene rings is 1. The van der Waals surface area contributed by atoms with E-state index in [9.17, 15) is 9.90 Å². The Morgan fingerprint density at radius 1 is 1.05 bits per heavy atom. The first-order chi connectivity index (χ1) is 18.4. The third-order valence-corrected chi connectivity index (χ3v) is 8.61. The summed E-state index contributed by atoms with van der Waals surface area (Å²) in [7, 11) is 0. The zero-order valence-electron chi connectivity index (χ0n) is 24.1. The Balaban J connectivity index is 1.52. The van der Waals surface area contributed by atoms with Gasteiger partial charge in [0.15, 0.2) is 0 Å². The fourth-order valence-electron chi connectivity index (χ4n) is 6.20. The molecular weight excluding hydrogens is 472 g/mol. The van der Waals surface area contributed by atoms with Crippen molar-refractivity contribution < 1.29 is 14.6 Å². The summed E-state index contributed by atoms with van der Waals surface area (Å²) in [5.74, 6) is 1.71. The molecule has 2 heterocycles. The number of aliphatic hydroxyl groups is 1. The van der Waals surface area contributed by atoms with Crippen LogP contribution in [0.25, 0.3) is 5.57 Å². The number of carbonyl (C=O) groups is 1. The van der Waals surface area contributed by atoms with E-state index in [0.717, 1.165) is 50.0 Å². The van der Waals surface area contributed by atoms with Gasteiger partial charge in [0.25, 0.3) is 5.91 Å². The van der Waals surface area contributed by atoms with Crippen molar-refractivity contribution in [2.45, 2.75) is 98.0 Å². The van der Waals surface area contributed by atoms with Gasteiger partial charge in [-0.3, -0.25) is 9.78 Å². The van der Waals surface area contributed by atoms with Crippen molar-refractivity contribution in [2.75, 3.05) is 19.7 Å². The Labute approximate surface area is 229 Å². The predicted molar refractivity (Wildman–Crippen MR) is 154 cm³/mol. The number of aromatic nitrogens is 1. The Bertz CT molecular complexity index is 1140. The van der Waals surface area contributed by atoms with E-state index >= 15 is 0 Å². The lowest BCUT2D eigenvalue weighted by atomic mass is 9.81. The number of pyridine rings is 1. The first kappa shape index (κ1) is 28.4. The Morgan fingerprint density at radius 3 is 2.45 bits per heavy atom. The summed E-state index contributed by atoms with van der Waals surface area (Å²) in [5, 5.41) is 9.65. The van der Waals surface area contributed by atoms with Gasteiger partial charge in [-0.05, 0) is 116 Å². The van der Waals surface area contributed by atoms with E-state index in [1.807, 2.05) is 0 Å². The molecule has 0 radical (unpaired) electrons. The number of piperidine rings is 1. The lowest BCUT2D eigenvalue weighted by Gasteiger charge is -2.33. The van der Waals surface area contributed by atoms with Gasteiger partial charge in [-0.1, -0.05) is 39.8 Å². The molecule has 2 aliphatic rings. The first-order valence-electron chi connectivity index (χ1n) is 14.8. The van der Waals surface area contributed by atoms with Crippen molar-refractivity contribution in [2.24, 2.45) is 5.92 Å². The van der Waals surface area contributed by atoms with E-state index in [1.165, 1.54) is 46.4 Å². The van der Waals surface area contributed by atoms with E-state index in [4.69, 9.17) is 9.72 Å². The smallest absolute Gasteiger partial charge is 0.251 e. The van der Waals surface area contributed by atoms with Gasteiger partial charge < -0.3 is 14.7 Å². The summed E-state index contributed by atoms with van der Waals surface area (Å²) in [5.41, 5.74) is 9.21. The summed E-state index contributed by atoms with van der Waals surface area (Å²) in [6.45, 7) is 12.5. The maximum absolute atomic E-state index is 12.2. The zero-order valence-corrected chi connectivity index (χ0v) is 24.1. The minimum absolute atomic E-state index is 0.156. The molecule has 0 saturated carbocycles. The number of carbonyl (C=O) groups excluding carboxylic acids is 1. The van der Waals surface area contributed by atoms with Crippen LogP contribution in [0.4, 0.5) is 0 Å². The maximum atomic E-state index is 12.2. The standard InChI is InChI=1S/C33H46N2O3/c1-6-24-12-13-27(8-3)34-32(24)30-11-9-10-22(4)31(30)21-38-28-14-15-29(25(7-2)20-28)26-16-18-35(19-17-26)33(37)23(5)36/h12-15,20,22-23,26,36H,6-11,16-19,21H2,1-5H3/t22?,23-/m0/s1. The van der Waals surface area contributed by atoms with Gasteiger partial charge in [-0.2, -0.15) is 0 Å². The van der Waals surface area contributed by atoms with Crippen molar-refractivity contribution in [1.29, 1.82) is 0 Å². The fraction of sp³-hybridized carbons (Fsp3) is 0.576. The van der Waals surface area contributed by atoms with Crippen LogP contribution in [0.2, 0.25) is 0 Å². The molecule has 1 aliphatic heterocycles. The number of likely N-dealkylation sites (tertiary alicyclic amines) is 1. The van der Waals surface area contributed by atoms with Crippen LogP contribution in [0.5, 0.6) is 5.75 Å². The van der Waals surface area contributed by atoms with E-state index in [1.54, 1.807) is 11.8 Å². The number of aryl methyl sites for hydroxylation is 3. The van der Waals surface area contributed by atoms with Gasteiger partial charge in [-0.25, -0.2) is 0 Å². The van der Waals surface area contributed by atoms with Crippen LogP contribution >= 0.6 is 0 Å². The van der Waals surface area contributed by atoms with Crippen LogP contribution in [0.1, 0.15) is 101 Å². The fourth-order valence-corrected chi connectivity index (χ4v) is 6.20. The van der Waals surface area contributed by atoms with Crippen molar-refractivity contribution in [1.82, 2.24) is 9.88 Å². The number of allylic oxidation sites excluding steroid dienone is 1. The Morgan fingerprint density at radius 2 is 1.79 bits per heavy atom. The molecule has 1 saturated heterocycles. The van der Waals surface area contributed by atoms with Gasteiger partial charge >= 0.3 is 0 Å². The molecule has 1 aromatic carbocycles. The topological polar surface area (TPSA) is 62.7 Å². The van der Waals surface area contributed by atoms with Gasteiger partial charge in [0.2, 0.25) is 0 Å². The Hall–Kier alpha value is -2.66. The average molecular weight is 519 g/mol. The summed E-state index contributed by atoms with van der Waals surface area (Å²) in [4.78, 5) is 19.1. The second kappa shape index (κ2) is 12.9.